The van der Waals surface area contributed by atoms with Crippen LogP contribution in [0.3, 0.4) is 0 Å². The number of rotatable bonds is 2. The molecule has 10 nitrogen and oxygen atoms in total. The molecule has 1 saturated heterocycles. The Labute approximate surface area is 290 Å². The Morgan fingerprint density at radius 1 is 1.08 bits per heavy atom. The van der Waals surface area contributed by atoms with Crippen LogP contribution in [-0.4, -0.2) is 69.9 Å². The highest BCUT2D eigenvalue weighted by molar-refractivity contribution is 5.79. The van der Waals surface area contributed by atoms with Gasteiger partial charge in [-0.3, -0.25) is 4.79 Å². The molecule has 2 aromatic carbocycles. The van der Waals surface area contributed by atoms with E-state index in [4.69, 9.17) is 29.4 Å². The Bertz CT molecular complexity index is 1830. The molecule has 0 amide bonds. The number of nitrogens with one attached hydrogen (secondary N) is 1. The molecule has 0 radical (unpaired) electrons. The van der Waals surface area contributed by atoms with Crippen LogP contribution in [0.15, 0.2) is 54.7 Å². The molecular weight excluding hydrogens is 618 g/mol. The molecule has 7 rings (SSSR count). The lowest BCUT2D eigenvalue weighted by molar-refractivity contribution is -0.139. The average Bonchev–Trinajstić information content (AvgIpc) is 3.46. The van der Waals surface area contributed by atoms with E-state index in [9.17, 15) is 4.79 Å². The third-order valence-electron chi connectivity index (χ3n) is 8.90. The average molecular weight is 670 g/mol. The highest BCUT2D eigenvalue weighted by atomic mass is 16.5. The molecule has 3 aliphatic heterocycles. The SMILES string of the molecule is CC(C)(C)O.COC(=O)Cc1c(C)nc2cc3nn2c1N1CCC(C)(CC1)OC/C=C\NC(C)Oc1cc(C)c(C)cc1-c1cccc-3c1. The van der Waals surface area contributed by atoms with Gasteiger partial charge in [-0.1, -0.05) is 18.2 Å². The second-order valence-electron chi connectivity index (χ2n) is 14.3. The van der Waals surface area contributed by atoms with Crippen molar-refractivity contribution in [1.29, 1.82) is 0 Å². The minimum absolute atomic E-state index is 0.126. The number of hydrogen-bond donors (Lipinski definition) is 2. The molecule has 49 heavy (non-hydrogen) atoms. The highest BCUT2D eigenvalue weighted by Crippen LogP contribution is 2.37. The summed E-state index contributed by atoms with van der Waals surface area (Å²) in [6.45, 7) is 17.6. The number of hydrogen-bond acceptors (Lipinski definition) is 9. The van der Waals surface area contributed by atoms with Crippen molar-refractivity contribution >= 4 is 17.4 Å². The lowest BCUT2D eigenvalue weighted by atomic mass is 9.93. The number of carbonyl (C=O) groups is 1. The molecule has 6 bridgehead atoms. The molecule has 3 aliphatic rings. The second kappa shape index (κ2) is 14.6. The fourth-order valence-electron chi connectivity index (χ4n) is 6.05. The number of aliphatic hydroxyl groups is 1. The number of anilines is 1. The smallest absolute Gasteiger partial charge is 0.310 e. The maximum Gasteiger partial charge on any atom is 0.310 e. The van der Waals surface area contributed by atoms with Crippen LogP contribution in [0.4, 0.5) is 5.82 Å². The van der Waals surface area contributed by atoms with E-state index in [0.717, 1.165) is 76.8 Å². The quantitative estimate of drug-likeness (QED) is 0.225. The van der Waals surface area contributed by atoms with Crippen LogP contribution >= 0.6 is 0 Å². The van der Waals surface area contributed by atoms with E-state index in [1.54, 1.807) is 20.8 Å². The predicted octanol–water partition coefficient (Wildman–Crippen LogP) is 6.70. The van der Waals surface area contributed by atoms with Crippen molar-refractivity contribution in [2.45, 2.75) is 92.1 Å². The fourth-order valence-corrected chi connectivity index (χ4v) is 6.05. The van der Waals surface area contributed by atoms with E-state index in [1.807, 2.05) is 36.7 Å². The molecule has 10 heteroatoms. The number of piperidine rings is 1. The minimum atomic E-state index is -0.500. The Morgan fingerprint density at radius 3 is 2.45 bits per heavy atom. The van der Waals surface area contributed by atoms with E-state index in [0.29, 0.717) is 6.61 Å². The summed E-state index contributed by atoms with van der Waals surface area (Å²) < 4.78 is 19.8. The van der Waals surface area contributed by atoms with Crippen LogP contribution in [0.25, 0.3) is 28.0 Å². The summed E-state index contributed by atoms with van der Waals surface area (Å²) in [6, 6.07) is 14.7. The van der Waals surface area contributed by atoms with Gasteiger partial charge in [0.1, 0.15) is 11.6 Å². The normalized spacial score (nSPS) is 20.0. The van der Waals surface area contributed by atoms with E-state index < -0.39 is 5.60 Å². The van der Waals surface area contributed by atoms with Gasteiger partial charge in [0.05, 0.1) is 37.0 Å². The number of esters is 1. The van der Waals surface area contributed by atoms with Gasteiger partial charge in [0, 0.05) is 41.5 Å². The zero-order valence-corrected chi connectivity index (χ0v) is 30.4. The Morgan fingerprint density at radius 2 is 1.76 bits per heavy atom. The van der Waals surface area contributed by atoms with Gasteiger partial charge in [-0.15, -0.1) is 0 Å². The summed E-state index contributed by atoms with van der Waals surface area (Å²) in [5, 5.41) is 17.0. The number of aromatic nitrogens is 3. The first-order valence-corrected chi connectivity index (χ1v) is 17.0. The van der Waals surface area contributed by atoms with E-state index in [2.05, 4.69) is 67.4 Å². The maximum absolute atomic E-state index is 12.5. The zero-order valence-electron chi connectivity index (χ0n) is 30.4. The predicted molar refractivity (Wildman–Crippen MR) is 194 cm³/mol. The molecule has 0 spiro atoms. The van der Waals surface area contributed by atoms with E-state index in [-0.39, 0.29) is 24.2 Å². The summed E-state index contributed by atoms with van der Waals surface area (Å²) in [4.78, 5) is 19.7. The molecule has 1 atom stereocenters. The van der Waals surface area contributed by atoms with Crippen LogP contribution in [0.1, 0.15) is 69.8 Å². The van der Waals surface area contributed by atoms with Crippen molar-refractivity contribution in [2.24, 2.45) is 0 Å². The Hall–Kier alpha value is -4.41. The molecule has 2 N–H and O–H groups in total. The van der Waals surface area contributed by atoms with Gasteiger partial charge in [0.2, 0.25) is 0 Å². The molecule has 0 aliphatic carbocycles. The number of aryl methyl sites for hydroxylation is 3. The molecule has 2 aromatic heterocycles. The first-order chi connectivity index (χ1) is 23.1. The van der Waals surface area contributed by atoms with Gasteiger partial charge in [0.15, 0.2) is 11.9 Å². The molecule has 1 unspecified atom stereocenters. The largest absolute Gasteiger partial charge is 0.470 e. The fraction of sp³-hybridized carbons (Fsp3) is 0.462. The third-order valence-corrected chi connectivity index (χ3v) is 8.90. The van der Waals surface area contributed by atoms with Gasteiger partial charge in [0.25, 0.3) is 0 Å². The number of methoxy groups -OCH3 is 1. The Kier molecular flexibility index (Phi) is 10.7. The zero-order chi connectivity index (χ0) is 35.5. The van der Waals surface area contributed by atoms with Crippen LogP contribution in [0.5, 0.6) is 5.75 Å². The highest BCUT2D eigenvalue weighted by Gasteiger charge is 2.33. The maximum atomic E-state index is 12.5. The van der Waals surface area contributed by atoms with Crippen molar-refractivity contribution in [3.63, 3.8) is 0 Å². The van der Waals surface area contributed by atoms with E-state index in [1.165, 1.54) is 18.2 Å². The molecule has 1 fully saturated rings. The summed E-state index contributed by atoms with van der Waals surface area (Å²) >= 11 is 0. The van der Waals surface area contributed by atoms with Crippen molar-refractivity contribution in [3.05, 3.63) is 77.1 Å². The summed E-state index contributed by atoms with van der Waals surface area (Å²) in [7, 11) is 1.42. The van der Waals surface area contributed by atoms with Gasteiger partial charge >= 0.3 is 5.97 Å². The van der Waals surface area contributed by atoms with Crippen LogP contribution in [0.2, 0.25) is 0 Å². The molecule has 0 saturated carbocycles. The van der Waals surface area contributed by atoms with Gasteiger partial charge in [-0.05, 0) is 115 Å². The van der Waals surface area contributed by atoms with Gasteiger partial charge in [-0.25, -0.2) is 4.98 Å². The molecular formula is C39H51N5O5. The van der Waals surface area contributed by atoms with Crippen molar-refractivity contribution in [1.82, 2.24) is 19.9 Å². The summed E-state index contributed by atoms with van der Waals surface area (Å²) in [5.74, 6) is 1.40. The number of nitrogens with zero attached hydrogens (tertiary/aromatic N) is 4. The number of ether oxygens (including phenoxy) is 3. The van der Waals surface area contributed by atoms with Gasteiger partial charge in [-0.2, -0.15) is 9.61 Å². The first kappa shape index (κ1) is 35.9. The van der Waals surface area contributed by atoms with Gasteiger partial charge < -0.3 is 29.5 Å². The molecule has 262 valence electrons. The summed E-state index contributed by atoms with van der Waals surface area (Å²) in [5.41, 5.74) is 7.79. The van der Waals surface area contributed by atoms with Crippen LogP contribution in [0, 0.1) is 20.8 Å². The van der Waals surface area contributed by atoms with Crippen molar-refractivity contribution in [3.8, 4) is 28.1 Å². The number of fused-ring (bicyclic) bond motifs is 7. The lowest BCUT2D eigenvalue weighted by Crippen LogP contribution is -2.45. The third kappa shape index (κ3) is 8.80. The standard InChI is InChI=1S/C35H41N5O4.C4H10O/c1-22-17-29-26-9-7-10-27(19-26)30-21-32-37-24(3)28(20-33(41)42-6)34(40(32)38-30)39-14-11-35(5,12-15-39)43-16-8-13-36-25(4)44-31(29)18-23(22)2;1-4(2,3)5/h7-10,13,17-19,21,25,36H,11-12,14-16,20H2,1-6H3;5H,1-3H3/b13-8-;. The van der Waals surface area contributed by atoms with Crippen molar-refractivity contribution in [2.75, 3.05) is 31.7 Å². The summed E-state index contributed by atoms with van der Waals surface area (Å²) in [6.07, 6.45) is 5.45. The number of benzene rings is 2. The second-order valence-corrected chi connectivity index (χ2v) is 14.3. The first-order valence-electron chi connectivity index (χ1n) is 17.0. The monoisotopic (exact) mass is 669 g/mol. The minimum Gasteiger partial charge on any atom is -0.470 e. The molecule has 5 heterocycles. The Balaban J connectivity index is 0.000000874. The topological polar surface area (TPSA) is 110 Å². The van der Waals surface area contributed by atoms with Crippen molar-refractivity contribution < 1.29 is 24.1 Å². The molecule has 4 aromatic rings. The van der Waals surface area contributed by atoms with Crippen LogP contribution in [-0.2, 0) is 20.7 Å². The van der Waals surface area contributed by atoms with Crippen LogP contribution < -0.4 is 15.0 Å². The lowest BCUT2D eigenvalue weighted by Gasteiger charge is -2.40. The number of carbonyl (C=O) groups excluding carboxylic acids is 1. The van der Waals surface area contributed by atoms with E-state index >= 15 is 0 Å².